The minimum atomic E-state index is -1.03. The van der Waals surface area contributed by atoms with E-state index in [1.54, 1.807) is 12.1 Å². The van der Waals surface area contributed by atoms with E-state index < -0.39 is 10.3 Å². The molecule has 0 radical (unpaired) electrons. The van der Waals surface area contributed by atoms with Crippen molar-refractivity contribution in [3.8, 4) is 6.07 Å². The number of ketones is 1. The van der Waals surface area contributed by atoms with Crippen LogP contribution in [0.15, 0.2) is 22.7 Å². The first kappa shape index (κ1) is 14.7. The third-order valence-electron chi connectivity index (χ3n) is 3.75. The SMILES string of the molecule is N#CC1(Cc2cccc([N+](=O)[O-])c2Br)CCCCC1=O. The molecule has 1 fully saturated rings. The molecule has 0 amide bonds. The van der Waals surface area contributed by atoms with E-state index in [1.165, 1.54) is 6.07 Å². The molecule has 1 unspecified atom stereocenters. The van der Waals surface area contributed by atoms with Gasteiger partial charge in [-0.05, 0) is 40.8 Å². The molecule has 1 aliphatic rings. The Morgan fingerprint density at radius 3 is 2.80 bits per heavy atom. The molecule has 0 aromatic heterocycles. The van der Waals surface area contributed by atoms with E-state index in [0.717, 1.165) is 12.8 Å². The van der Waals surface area contributed by atoms with Crippen molar-refractivity contribution >= 4 is 27.4 Å². The highest BCUT2D eigenvalue weighted by Gasteiger charge is 2.40. The summed E-state index contributed by atoms with van der Waals surface area (Å²) >= 11 is 3.22. The molecule has 1 saturated carbocycles. The first-order valence-corrected chi connectivity index (χ1v) is 7.16. The van der Waals surface area contributed by atoms with Crippen molar-refractivity contribution in [2.75, 3.05) is 0 Å². The Morgan fingerprint density at radius 1 is 1.45 bits per heavy atom. The lowest BCUT2D eigenvalue weighted by atomic mass is 9.70. The molecule has 104 valence electrons. The fourth-order valence-corrected chi connectivity index (χ4v) is 3.15. The normalized spacial score (nSPS) is 22.3. The van der Waals surface area contributed by atoms with Crippen LogP contribution in [-0.4, -0.2) is 10.7 Å². The average Bonchev–Trinajstić information content (AvgIpc) is 2.43. The van der Waals surface area contributed by atoms with Crippen LogP contribution in [0.5, 0.6) is 0 Å². The number of hydrogen-bond acceptors (Lipinski definition) is 4. The van der Waals surface area contributed by atoms with Crippen LogP contribution >= 0.6 is 15.9 Å². The highest BCUT2D eigenvalue weighted by molar-refractivity contribution is 9.10. The number of benzene rings is 1. The Hall–Kier alpha value is -1.74. The molecule has 6 heteroatoms. The van der Waals surface area contributed by atoms with Crippen molar-refractivity contribution < 1.29 is 9.72 Å². The van der Waals surface area contributed by atoms with Gasteiger partial charge in [0.05, 0.1) is 15.5 Å². The van der Waals surface area contributed by atoms with Gasteiger partial charge in [0, 0.05) is 12.5 Å². The highest BCUT2D eigenvalue weighted by atomic mass is 79.9. The lowest BCUT2D eigenvalue weighted by Gasteiger charge is -2.29. The van der Waals surface area contributed by atoms with Crippen molar-refractivity contribution in [3.63, 3.8) is 0 Å². The second kappa shape index (κ2) is 5.71. The molecule has 5 nitrogen and oxygen atoms in total. The number of Topliss-reactive ketones (excluding diaryl/α,β-unsaturated/α-hetero) is 1. The third-order valence-corrected chi connectivity index (χ3v) is 4.67. The Balaban J connectivity index is 2.38. The van der Waals surface area contributed by atoms with Crippen LogP contribution in [0.25, 0.3) is 0 Å². The Labute approximate surface area is 124 Å². The van der Waals surface area contributed by atoms with E-state index in [9.17, 15) is 20.2 Å². The first-order valence-electron chi connectivity index (χ1n) is 6.36. The van der Waals surface area contributed by atoms with Gasteiger partial charge in [0.1, 0.15) is 5.41 Å². The molecule has 0 spiro atoms. The van der Waals surface area contributed by atoms with Crippen molar-refractivity contribution in [2.45, 2.75) is 32.1 Å². The summed E-state index contributed by atoms with van der Waals surface area (Å²) in [6.45, 7) is 0. The molecule has 0 saturated heterocycles. The zero-order valence-corrected chi connectivity index (χ0v) is 12.4. The second-order valence-electron chi connectivity index (χ2n) is 5.01. The van der Waals surface area contributed by atoms with E-state index >= 15 is 0 Å². The van der Waals surface area contributed by atoms with E-state index in [-0.39, 0.29) is 17.9 Å². The number of rotatable bonds is 3. The number of carbonyl (C=O) groups is 1. The predicted molar refractivity (Wildman–Crippen MR) is 76.0 cm³/mol. The number of nitro benzene ring substituents is 1. The van der Waals surface area contributed by atoms with Gasteiger partial charge in [0.15, 0.2) is 5.78 Å². The minimum absolute atomic E-state index is 0.0427. The highest BCUT2D eigenvalue weighted by Crippen LogP contribution is 2.39. The van der Waals surface area contributed by atoms with Crippen LogP contribution in [0, 0.1) is 26.9 Å². The molecule has 0 bridgehead atoms. The van der Waals surface area contributed by atoms with Gasteiger partial charge in [-0.1, -0.05) is 18.6 Å². The Morgan fingerprint density at radius 2 is 2.20 bits per heavy atom. The zero-order valence-electron chi connectivity index (χ0n) is 10.8. The standard InChI is InChI=1S/C14H13BrN2O3/c15-13-10(4-3-5-11(13)17(19)20)8-14(9-16)7-2-1-6-12(14)18/h3-5H,1-2,6-8H2. The molecule has 1 aromatic rings. The predicted octanol–water partition coefficient (Wildman–Crippen LogP) is 3.55. The van der Waals surface area contributed by atoms with Crippen LogP contribution in [0.4, 0.5) is 5.69 Å². The van der Waals surface area contributed by atoms with Gasteiger partial charge < -0.3 is 0 Å². The van der Waals surface area contributed by atoms with E-state index in [2.05, 4.69) is 22.0 Å². The van der Waals surface area contributed by atoms with Crippen LogP contribution in [0.2, 0.25) is 0 Å². The molecule has 1 atom stereocenters. The van der Waals surface area contributed by atoms with Gasteiger partial charge >= 0.3 is 0 Å². The first-order chi connectivity index (χ1) is 9.50. The quantitative estimate of drug-likeness (QED) is 0.624. The molecule has 0 aliphatic heterocycles. The number of nitrogens with zero attached hydrogens (tertiary/aromatic N) is 2. The van der Waals surface area contributed by atoms with E-state index in [0.29, 0.717) is 22.9 Å². The maximum Gasteiger partial charge on any atom is 0.283 e. The number of carbonyl (C=O) groups excluding carboxylic acids is 1. The summed E-state index contributed by atoms with van der Waals surface area (Å²) in [6.07, 6.45) is 2.83. The third kappa shape index (κ3) is 2.59. The molecule has 0 N–H and O–H groups in total. The monoisotopic (exact) mass is 336 g/mol. The van der Waals surface area contributed by atoms with Gasteiger partial charge in [-0.25, -0.2) is 0 Å². The molecule has 1 aliphatic carbocycles. The molecular weight excluding hydrogens is 324 g/mol. The number of nitro groups is 1. The Kier molecular flexibility index (Phi) is 4.19. The average molecular weight is 337 g/mol. The maximum atomic E-state index is 12.1. The van der Waals surface area contributed by atoms with Crippen LogP contribution in [-0.2, 0) is 11.2 Å². The lowest BCUT2D eigenvalue weighted by Crippen LogP contribution is -2.35. The van der Waals surface area contributed by atoms with Crippen molar-refractivity contribution in [1.29, 1.82) is 5.26 Å². The van der Waals surface area contributed by atoms with Crippen LogP contribution in [0.1, 0.15) is 31.2 Å². The van der Waals surface area contributed by atoms with Gasteiger partial charge in [-0.15, -0.1) is 0 Å². The molecule has 1 aromatic carbocycles. The summed E-state index contributed by atoms with van der Waals surface area (Å²) in [7, 11) is 0. The van der Waals surface area contributed by atoms with Crippen molar-refractivity contribution in [3.05, 3.63) is 38.3 Å². The van der Waals surface area contributed by atoms with E-state index in [4.69, 9.17) is 0 Å². The summed E-state index contributed by atoms with van der Waals surface area (Å²) in [6, 6.07) is 6.85. The molecule has 20 heavy (non-hydrogen) atoms. The van der Waals surface area contributed by atoms with Gasteiger partial charge in [0.2, 0.25) is 0 Å². The zero-order chi connectivity index (χ0) is 14.8. The van der Waals surface area contributed by atoms with Crippen LogP contribution in [0.3, 0.4) is 0 Å². The topological polar surface area (TPSA) is 84.0 Å². The molecule has 0 heterocycles. The van der Waals surface area contributed by atoms with Crippen molar-refractivity contribution in [1.82, 2.24) is 0 Å². The fraction of sp³-hybridized carbons (Fsp3) is 0.429. The number of hydrogen-bond donors (Lipinski definition) is 0. The van der Waals surface area contributed by atoms with Gasteiger partial charge in [0.25, 0.3) is 5.69 Å². The molecular formula is C14H13BrN2O3. The van der Waals surface area contributed by atoms with Crippen molar-refractivity contribution in [2.24, 2.45) is 5.41 Å². The minimum Gasteiger partial charge on any atom is -0.298 e. The Bertz CT molecular complexity index is 609. The summed E-state index contributed by atoms with van der Waals surface area (Å²) in [4.78, 5) is 22.6. The largest absolute Gasteiger partial charge is 0.298 e. The summed E-state index contributed by atoms with van der Waals surface area (Å²) in [5.74, 6) is -0.0512. The van der Waals surface area contributed by atoms with Gasteiger partial charge in [-0.2, -0.15) is 5.26 Å². The van der Waals surface area contributed by atoms with Crippen LogP contribution < -0.4 is 0 Å². The molecule has 2 rings (SSSR count). The lowest BCUT2D eigenvalue weighted by molar-refractivity contribution is -0.385. The fourth-order valence-electron chi connectivity index (χ4n) is 2.60. The summed E-state index contributed by atoms with van der Waals surface area (Å²) in [5.41, 5.74) is -0.439. The van der Waals surface area contributed by atoms with E-state index in [1.807, 2.05) is 0 Å². The van der Waals surface area contributed by atoms with Gasteiger partial charge in [-0.3, -0.25) is 14.9 Å². The summed E-state index contributed by atoms with van der Waals surface area (Å²) < 4.78 is 0.359. The number of nitriles is 1. The smallest absolute Gasteiger partial charge is 0.283 e. The number of halogens is 1. The maximum absolute atomic E-state index is 12.1. The second-order valence-corrected chi connectivity index (χ2v) is 5.80. The summed E-state index contributed by atoms with van der Waals surface area (Å²) in [5, 5.41) is 20.3.